The summed E-state index contributed by atoms with van der Waals surface area (Å²) in [6, 6.07) is 3.64. The third kappa shape index (κ3) is 3.98. The number of amides is 1. The van der Waals surface area contributed by atoms with Crippen molar-refractivity contribution in [2.24, 2.45) is 5.92 Å². The Balaban J connectivity index is 2.51. The van der Waals surface area contributed by atoms with Crippen molar-refractivity contribution in [1.29, 1.82) is 0 Å². The van der Waals surface area contributed by atoms with Gasteiger partial charge in [0, 0.05) is 18.3 Å². The SMILES string of the molecule is CC(C)C(=O)CNC(=O)[C@@H](C)c1cccnc1. The van der Waals surface area contributed by atoms with Gasteiger partial charge in [-0.3, -0.25) is 14.6 Å². The number of aromatic nitrogens is 1. The lowest BCUT2D eigenvalue weighted by Gasteiger charge is -2.12. The van der Waals surface area contributed by atoms with Crippen LogP contribution in [-0.2, 0) is 9.59 Å². The molecular formula is C13H18N2O2. The third-order valence-electron chi connectivity index (χ3n) is 2.66. The van der Waals surface area contributed by atoms with E-state index in [9.17, 15) is 9.59 Å². The van der Waals surface area contributed by atoms with E-state index in [1.54, 1.807) is 25.4 Å². The number of hydrogen-bond acceptors (Lipinski definition) is 3. The van der Waals surface area contributed by atoms with Gasteiger partial charge < -0.3 is 5.32 Å². The van der Waals surface area contributed by atoms with E-state index in [4.69, 9.17) is 0 Å². The molecule has 0 spiro atoms. The fraction of sp³-hybridized carbons (Fsp3) is 0.462. The predicted octanol–water partition coefficient (Wildman–Crippen LogP) is 1.53. The van der Waals surface area contributed by atoms with Crippen LogP contribution in [-0.4, -0.2) is 23.2 Å². The Kier molecular flexibility index (Phi) is 4.82. The molecule has 1 amide bonds. The Morgan fingerprint density at radius 1 is 1.35 bits per heavy atom. The summed E-state index contributed by atoms with van der Waals surface area (Å²) in [6.07, 6.45) is 3.32. The molecule has 4 heteroatoms. The van der Waals surface area contributed by atoms with Crippen LogP contribution in [0.5, 0.6) is 0 Å². The predicted molar refractivity (Wildman–Crippen MR) is 65.5 cm³/mol. The van der Waals surface area contributed by atoms with Crippen LogP contribution in [0.1, 0.15) is 32.3 Å². The van der Waals surface area contributed by atoms with Gasteiger partial charge in [0.25, 0.3) is 0 Å². The number of rotatable bonds is 5. The number of nitrogens with one attached hydrogen (secondary N) is 1. The molecule has 0 unspecified atom stereocenters. The molecule has 0 saturated carbocycles. The molecule has 4 nitrogen and oxygen atoms in total. The van der Waals surface area contributed by atoms with Crippen molar-refractivity contribution in [1.82, 2.24) is 10.3 Å². The maximum absolute atomic E-state index is 11.8. The molecule has 0 aliphatic heterocycles. The van der Waals surface area contributed by atoms with Crippen LogP contribution < -0.4 is 5.32 Å². The number of Topliss-reactive ketones (excluding diaryl/α,β-unsaturated/α-hetero) is 1. The van der Waals surface area contributed by atoms with Gasteiger partial charge in [0.2, 0.25) is 5.91 Å². The molecule has 92 valence electrons. The fourth-order valence-electron chi connectivity index (χ4n) is 1.31. The number of nitrogens with zero attached hydrogens (tertiary/aromatic N) is 1. The van der Waals surface area contributed by atoms with Crippen molar-refractivity contribution in [2.45, 2.75) is 26.7 Å². The number of carbonyl (C=O) groups is 2. The van der Waals surface area contributed by atoms with Gasteiger partial charge in [-0.1, -0.05) is 19.9 Å². The fourth-order valence-corrected chi connectivity index (χ4v) is 1.31. The van der Waals surface area contributed by atoms with Crippen molar-refractivity contribution in [2.75, 3.05) is 6.54 Å². The minimum atomic E-state index is -0.288. The maximum atomic E-state index is 11.8. The molecule has 1 atom stereocenters. The van der Waals surface area contributed by atoms with Crippen LogP contribution in [0.2, 0.25) is 0 Å². The van der Waals surface area contributed by atoms with Gasteiger partial charge in [-0.15, -0.1) is 0 Å². The Morgan fingerprint density at radius 2 is 2.06 bits per heavy atom. The highest BCUT2D eigenvalue weighted by molar-refractivity contribution is 5.89. The summed E-state index contributed by atoms with van der Waals surface area (Å²) in [5.74, 6) is -0.448. The van der Waals surface area contributed by atoms with Crippen molar-refractivity contribution in [3.8, 4) is 0 Å². The summed E-state index contributed by atoms with van der Waals surface area (Å²) < 4.78 is 0. The van der Waals surface area contributed by atoms with E-state index < -0.39 is 0 Å². The summed E-state index contributed by atoms with van der Waals surface area (Å²) >= 11 is 0. The number of ketones is 1. The Bertz CT molecular complexity index is 388. The van der Waals surface area contributed by atoms with E-state index in [1.165, 1.54) is 0 Å². The molecular weight excluding hydrogens is 216 g/mol. The molecule has 1 aromatic heterocycles. The first-order valence-electron chi connectivity index (χ1n) is 5.72. The van der Waals surface area contributed by atoms with E-state index in [-0.39, 0.29) is 30.1 Å². The molecule has 1 aromatic rings. The number of pyridine rings is 1. The van der Waals surface area contributed by atoms with Crippen LogP contribution in [0, 0.1) is 5.92 Å². The van der Waals surface area contributed by atoms with Gasteiger partial charge in [-0.2, -0.15) is 0 Å². The van der Waals surface area contributed by atoms with E-state index in [2.05, 4.69) is 10.3 Å². The molecule has 0 saturated heterocycles. The smallest absolute Gasteiger partial charge is 0.227 e. The average molecular weight is 234 g/mol. The second-order valence-corrected chi connectivity index (χ2v) is 4.35. The van der Waals surface area contributed by atoms with Gasteiger partial charge in [-0.05, 0) is 18.6 Å². The van der Waals surface area contributed by atoms with Crippen LogP contribution in [0.3, 0.4) is 0 Å². The highest BCUT2D eigenvalue weighted by Gasteiger charge is 2.16. The monoisotopic (exact) mass is 234 g/mol. The van der Waals surface area contributed by atoms with Crippen molar-refractivity contribution < 1.29 is 9.59 Å². The first kappa shape index (κ1) is 13.4. The van der Waals surface area contributed by atoms with E-state index in [0.717, 1.165) is 5.56 Å². The number of carbonyl (C=O) groups excluding carboxylic acids is 2. The van der Waals surface area contributed by atoms with Crippen LogP contribution in [0.15, 0.2) is 24.5 Å². The zero-order valence-corrected chi connectivity index (χ0v) is 10.4. The lowest BCUT2D eigenvalue weighted by atomic mass is 10.0. The standard InChI is InChI=1S/C13H18N2O2/c1-9(2)12(16)8-15-13(17)10(3)11-5-4-6-14-7-11/h4-7,9-10H,8H2,1-3H3,(H,15,17)/t10-/m0/s1. The molecule has 1 rings (SSSR count). The summed E-state index contributed by atoms with van der Waals surface area (Å²) in [5, 5.41) is 2.65. The first-order chi connectivity index (χ1) is 8.02. The second-order valence-electron chi connectivity index (χ2n) is 4.35. The third-order valence-corrected chi connectivity index (χ3v) is 2.66. The normalized spacial score (nSPS) is 12.2. The molecule has 0 bridgehead atoms. The van der Waals surface area contributed by atoms with Crippen molar-refractivity contribution in [3.05, 3.63) is 30.1 Å². The van der Waals surface area contributed by atoms with E-state index in [0.29, 0.717) is 0 Å². The average Bonchev–Trinajstić information content (AvgIpc) is 2.35. The Morgan fingerprint density at radius 3 is 2.59 bits per heavy atom. The van der Waals surface area contributed by atoms with Gasteiger partial charge in [0.1, 0.15) is 0 Å². The van der Waals surface area contributed by atoms with Gasteiger partial charge in [0.15, 0.2) is 5.78 Å². The maximum Gasteiger partial charge on any atom is 0.227 e. The van der Waals surface area contributed by atoms with Gasteiger partial charge in [-0.25, -0.2) is 0 Å². The summed E-state index contributed by atoms with van der Waals surface area (Å²) in [6.45, 7) is 5.53. The molecule has 0 aliphatic rings. The molecule has 1 heterocycles. The molecule has 0 aromatic carbocycles. The Labute approximate surface area is 101 Å². The molecule has 0 radical (unpaired) electrons. The highest BCUT2D eigenvalue weighted by Crippen LogP contribution is 2.12. The van der Waals surface area contributed by atoms with E-state index in [1.807, 2.05) is 19.9 Å². The second kappa shape index (κ2) is 6.13. The topological polar surface area (TPSA) is 59.1 Å². The van der Waals surface area contributed by atoms with Crippen LogP contribution >= 0.6 is 0 Å². The summed E-state index contributed by atoms with van der Waals surface area (Å²) in [7, 11) is 0. The van der Waals surface area contributed by atoms with Crippen molar-refractivity contribution in [3.63, 3.8) is 0 Å². The van der Waals surface area contributed by atoms with Gasteiger partial charge >= 0.3 is 0 Å². The summed E-state index contributed by atoms with van der Waals surface area (Å²) in [4.78, 5) is 27.1. The zero-order valence-electron chi connectivity index (χ0n) is 10.4. The minimum Gasteiger partial charge on any atom is -0.348 e. The Hall–Kier alpha value is -1.71. The largest absolute Gasteiger partial charge is 0.348 e. The zero-order chi connectivity index (χ0) is 12.8. The quantitative estimate of drug-likeness (QED) is 0.840. The van der Waals surface area contributed by atoms with Gasteiger partial charge in [0.05, 0.1) is 12.5 Å². The lowest BCUT2D eigenvalue weighted by Crippen LogP contribution is -2.34. The molecule has 0 aliphatic carbocycles. The molecule has 0 fully saturated rings. The highest BCUT2D eigenvalue weighted by atomic mass is 16.2. The summed E-state index contributed by atoms with van der Waals surface area (Å²) in [5.41, 5.74) is 0.849. The number of hydrogen-bond donors (Lipinski definition) is 1. The van der Waals surface area contributed by atoms with Crippen molar-refractivity contribution >= 4 is 11.7 Å². The van der Waals surface area contributed by atoms with E-state index >= 15 is 0 Å². The lowest BCUT2D eigenvalue weighted by molar-refractivity contribution is -0.127. The first-order valence-corrected chi connectivity index (χ1v) is 5.72. The molecule has 17 heavy (non-hydrogen) atoms. The van der Waals surface area contributed by atoms with Crippen LogP contribution in [0.4, 0.5) is 0 Å². The molecule has 1 N–H and O–H groups in total. The van der Waals surface area contributed by atoms with Crippen LogP contribution in [0.25, 0.3) is 0 Å². The minimum absolute atomic E-state index is 0.0386.